The van der Waals surface area contributed by atoms with E-state index in [9.17, 15) is 0 Å². The Balaban J connectivity index is 1.01. The van der Waals surface area contributed by atoms with Gasteiger partial charge in [-0.15, -0.1) is 11.3 Å². The number of nitrogens with zero attached hydrogens (tertiary/aromatic N) is 3. The minimum absolute atomic E-state index is 0.644. The highest BCUT2D eigenvalue weighted by atomic mass is 32.1. The van der Waals surface area contributed by atoms with Gasteiger partial charge in [0.2, 0.25) is 0 Å². The molecule has 0 atom stereocenters. The number of hydrogen-bond acceptors (Lipinski definition) is 5. The van der Waals surface area contributed by atoms with Gasteiger partial charge in [-0.05, 0) is 69.8 Å². The van der Waals surface area contributed by atoms with Crippen LogP contribution in [0.3, 0.4) is 0 Å². The highest BCUT2D eigenvalue weighted by molar-refractivity contribution is 7.25. The molecule has 0 radical (unpaired) electrons. The summed E-state index contributed by atoms with van der Waals surface area (Å²) in [6, 6.07) is 65.7. The molecule has 5 heteroatoms. The second kappa shape index (κ2) is 13.3. The maximum absolute atomic E-state index is 6.46. The summed E-state index contributed by atoms with van der Waals surface area (Å²) in [6.45, 7) is 0. The van der Waals surface area contributed by atoms with E-state index in [0.717, 1.165) is 55.3 Å². The molecule has 0 amide bonds. The number of rotatable bonds is 6. The molecule has 0 N–H and O–H groups in total. The summed E-state index contributed by atoms with van der Waals surface area (Å²) in [5, 5.41) is 4.70. The van der Waals surface area contributed by atoms with Crippen molar-refractivity contribution in [1.29, 1.82) is 0 Å². The minimum Gasteiger partial charge on any atom is -0.456 e. The Labute approximate surface area is 327 Å². The molecule has 11 rings (SSSR count). The Kier molecular flexibility index (Phi) is 7.64. The molecule has 56 heavy (non-hydrogen) atoms. The molecule has 0 aliphatic rings. The van der Waals surface area contributed by atoms with Crippen LogP contribution < -0.4 is 0 Å². The predicted molar refractivity (Wildman–Crippen MR) is 233 cm³/mol. The van der Waals surface area contributed by atoms with Gasteiger partial charge < -0.3 is 4.42 Å². The van der Waals surface area contributed by atoms with Gasteiger partial charge in [0.15, 0.2) is 17.5 Å². The molecule has 262 valence electrons. The molecule has 0 fully saturated rings. The van der Waals surface area contributed by atoms with Gasteiger partial charge in [0.05, 0.1) is 0 Å². The minimum atomic E-state index is 0.644. The van der Waals surface area contributed by atoms with Crippen LogP contribution >= 0.6 is 11.3 Å². The number of thiophene rings is 1. The number of benzene rings is 8. The van der Waals surface area contributed by atoms with Crippen molar-refractivity contribution in [3.63, 3.8) is 0 Å². The molecule has 4 nitrogen and oxygen atoms in total. The van der Waals surface area contributed by atoms with Crippen LogP contribution in [0.1, 0.15) is 0 Å². The van der Waals surface area contributed by atoms with Crippen molar-refractivity contribution in [2.75, 3.05) is 0 Å². The van der Waals surface area contributed by atoms with Crippen molar-refractivity contribution in [2.45, 2.75) is 0 Å². The topological polar surface area (TPSA) is 51.8 Å². The van der Waals surface area contributed by atoms with E-state index in [1.807, 2.05) is 48.5 Å². The van der Waals surface area contributed by atoms with Crippen LogP contribution in [-0.4, -0.2) is 15.0 Å². The first kappa shape index (κ1) is 32.2. The van der Waals surface area contributed by atoms with E-state index in [-0.39, 0.29) is 0 Å². The van der Waals surface area contributed by atoms with Crippen LogP contribution in [0.5, 0.6) is 0 Å². The SMILES string of the molecule is c1ccc(-c2ccc(-c3nc(-c4ccccc4)nc(-c4ccc5c(c4)sc4ccc(-c6cc(-c7ccccc7)c7c(c6)oc6ccccc67)cc45)n3)cc2)cc1. The molecular weight excluding hydrogens is 703 g/mol. The Morgan fingerprint density at radius 1 is 0.321 bits per heavy atom. The summed E-state index contributed by atoms with van der Waals surface area (Å²) < 4.78 is 8.87. The third kappa shape index (κ3) is 5.65. The van der Waals surface area contributed by atoms with Gasteiger partial charge in [0, 0.05) is 47.6 Å². The third-order valence-corrected chi connectivity index (χ3v) is 11.7. The number of aromatic nitrogens is 3. The monoisotopic (exact) mass is 733 g/mol. The summed E-state index contributed by atoms with van der Waals surface area (Å²) in [5.74, 6) is 1.94. The molecule has 0 saturated heterocycles. The van der Waals surface area contributed by atoms with Gasteiger partial charge >= 0.3 is 0 Å². The first-order valence-electron chi connectivity index (χ1n) is 18.7. The van der Waals surface area contributed by atoms with Crippen LogP contribution in [0.15, 0.2) is 192 Å². The van der Waals surface area contributed by atoms with E-state index in [4.69, 9.17) is 19.4 Å². The second-order valence-electron chi connectivity index (χ2n) is 14.0. The molecule has 11 aromatic rings. The molecule has 0 spiro atoms. The number of fused-ring (bicyclic) bond motifs is 6. The first-order chi connectivity index (χ1) is 27.7. The van der Waals surface area contributed by atoms with E-state index in [2.05, 4.69) is 140 Å². The fraction of sp³-hybridized carbons (Fsp3) is 0. The molecule has 0 unspecified atom stereocenters. The molecule has 8 aromatic carbocycles. The first-order valence-corrected chi connectivity index (χ1v) is 19.5. The van der Waals surface area contributed by atoms with Crippen LogP contribution in [0, 0.1) is 0 Å². The smallest absolute Gasteiger partial charge is 0.164 e. The molecule has 0 aliphatic heterocycles. The zero-order valence-corrected chi connectivity index (χ0v) is 30.9. The molecule has 3 heterocycles. The van der Waals surface area contributed by atoms with Gasteiger partial charge in [-0.1, -0.05) is 152 Å². The van der Waals surface area contributed by atoms with E-state index in [1.165, 1.54) is 36.9 Å². The molecule has 0 aliphatic carbocycles. The predicted octanol–water partition coefficient (Wildman–Crippen LogP) is 14.1. The maximum Gasteiger partial charge on any atom is 0.164 e. The van der Waals surface area contributed by atoms with Gasteiger partial charge in [-0.2, -0.15) is 0 Å². The lowest BCUT2D eigenvalue weighted by atomic mass is 9.94. The zero-order valence-electron chi connectivity index (χ0n) is 30.1. The van der Waals surface area contributed by atoms with Crippen molar-refractivity contribution in [3.8, 4) is 67.5 Å². The Morgan fingerprint density at radius 3 is 1.61 bits per heavy atom. The van der Waals surface area contributed by atoms with Crippen LogP contribution in [0.25, 0.3) is 110 Å². The second-order valence-corrected chi connectivity index (χ2v) is 15.1. The van der Waals surface area contributed by atoms with Gasteiger partial charge in [-0.25, -0.2) is 15.0 Å². The quantitative estimate of drug-likeness (QED) is 0.171. The lowest BCUT2D eigenvalue weighted by Gasteiger charge is -2.09. The van der Waals surface area contributed by atoms with Crippen LogP contribution in [0.2, 0.25) is 0 Å². The molecule has 3 aromatic heterocycles. The Bertz CT molecular complexity index is 3230. The van der Waals surface area contributed by atoms with Crippen molar-refractivity contribution in [1.82, 2.24) is 15.0 Å². The van der Waals surface area contributed by atoms with Crippen molar-refractivity contribution in [2.24, 2.45) is 0 Å². The lowest BCUT2D eigenvalue weighted by molar-refractivity contribution is 0.669. The standard InChI is InChI=1S/C51H31N3OS/c1-4-12-32(13-5-1)33-20-22-36(23-21-33)50-52-49(35-16-8-3-9-17-35)53-51(54-50)38-24-26-40-43-28-37(25-27-46(43)56-47(40)31-38)39-29-42(34-14-6-2-7-15-34)48-41-18-10-11-19-44(41)55-45(48)30-39/h1-31H. The summed E-state index contributed by atoms with van der Waals surface area (Å²) in [7, 11) is 0. The lowest BCUT2D eigenvalue weighted by Crippen LogP contribution is -2.00. The van der Waals surface area contributed by atoms with E-state index in [1.54, 1.807) is 11.3 Å². The van der Waals surface area contributed by atoms with E-state index >= 15 is 0 Å². The number of furan rings is 1. The summed E-state index contributed by atoms with van der Waals surface area (Å²) >= 11 is 1.79. The summed E-state index contributed by atoms with van der Waals surface area (Å²) in [4.78, 5) is 15.1. The Hall–Kier alpha value is -7.21. The highest BCUT2D eigenvalue weighted by Crippen LogP contribution is 2.42. The van der Waals surface area contributed by atoms with Gasteiger partial charge in [0.1, 0.15) is 11.2 Å². The normalized spacial score (nSPS) is 11.6. The molecule has 0 bridgehead atoms. The zero-order chi connectivity index (χ0) is 37.0. The molecular formula is C51H31N3OS. The average molecular weight is 734 g/mol. The van der Waals surface area contributed by atoms with Crippen molar-refractivity contribution >= 4 is 53.4 Å². The number of hydrogen-bond donors (Lipinski definition) is 0. The van der Waals surface area contributed by atoms with Crippen LogP contribution in [-0.2, 0) is 0 Å². The van der Waals surface area contributed by atoms with E-state index in [0.29, 0.717) is 17.5 Å². The van der Waals surface area contributed by atoms with Gasteiger partial charge in [0.25, 0.3) is 0 Å². The van der Waals surface area contributed by atoms with Crippen molar-refractivity contribution in [3.05, 3.63) is 188 Å². The average Bonchev–Trinajstić information content (AvgIpc) is 3.84. The highest BCUT2D eigenvalue weighted by Gasteiger charge is 2.17. The van der Waals surface area contributed by atoms with Crippen molar-refractivity contribution < 1.29 is 4.42 Å². The fourth-order valence-corrected chi connectivity index (χ4v) is 8.88. The summed E-state index contributed by atoms with van der Waals surface area (Å²) in [6.07, 6.45) is 0. The van der Waals surface area contributed by atoms with Crippen LogP contribution in [0.4, 0.5) is 0 Å². The molecule has 0 saturated carbocycles. The van der Waals surface area contributed by atoms with Gasteiger partial charge in [-0.3, -0.25) is 0 Å². The third-order valence-electron chi connectivity index (χ3n) is 10.5. The Morgan fingerprint density at radius 2 is 0.875 bits per heavy atom. The fourth-order valence-electron chi connectivity index (χ4n) is 7.76. The summed E-state index contributed by atoms with van der Waals surface area (Å²) in [5.41, 5.74) is 11.6. The maximum atomic E-state index is 6.46. The number of para-hydroxylation sites is 1. The largest absolute Gasteiger partial charge is 0.456 e. The van der Waals surface area contributed by atoms with E-state index < -0.39 is 0 Å².